The number of rotatable bonds is 4. The summed E-state index contributed by atoms with van der Waals surface area (Å²) in [6.45, 7) is 8.12. The third-order valence-corrected chi connectivity index (χ3v) is 4.85. The number of allylic oxidation sites excluding steroid dienone is 3. The Morgan fingerprint density at radius 3 is 2.38 bits per heavy atom. The van der Waals surface area contributed by atoms with E-state index >= 15 is 0 Å². The highest BCUT2D eigenvalue weighted by Gasteiger charge is 2.19. The molecule has 3 heteroatoms. The molecule has 2 aromatic rings. The summed E-state index contributed by atoms with van der Waals surface area (Å²) in [4.78, 5) is 12.4. The Balaban J connectivity index is 1.69. The van der Waals surface area contributed by atoms with Gasteiger partial charge in [0.05, 0.1) is 5.71 Å². The zero-order chi connectivity index (χ0) is 18.5. The molecule has 0 aliphatic heterocycles. The fourth-order valence-corrected chi connectivity index (χ4v) is 3.05. The van der Waals surface area contributed by atoms with E-state index in [1.165, 1.54) is 0 Å². The molecule has 0 unspecified atom stereocenters. The van der Waals surface area contributed by atoms with Crippen molar-refractivity contribution in [2.75, 3.05) is 0 Å². The van der Waals surface area contributed by atoms with Gasteiger partial charge in [-0.1, -0.05) is 60.7 Å². The maximum absolute atomic E-state index is 12.4. The molecule has 1 amide bonds. The average molecular weight is 344 g/mol. The Morgan fingerprint density at radius 2 is 1.73 bits per heavy atom. The first-order chi connectivity index (χ1) is 12.5. The zero-order valence-electron chi connectivity index (χ0n) is 15.3. The van der Waals surface area contributed by atoms with E-state index in [1.807, 2.05) is 56.3 Å². The van der Waals surface area contributed by atoms with E-state index in [0.29, 0.717) is 11.5 Å². The molecule has 0 saturated carbocycles. The van der Waals surface area contributed by atoms with Gasteiger partial charge in [0.15, 0.2) is 0 Å². The highest BCUT2D eigenvalue weighted by atomic mass is 16.2. The van der Waals surface area contributed by atoms with Crippen molar-refractivity contribution in [2.24, 2.45) is 11.0 Å². The lowest BCUT2D eigenvalue weighted by Crippen LogP contribution is -2.23. The molecule has 0 saturated heterocycles. The molecule has 1 atom stereocenters. The minimum Gasteiger partial charge on any atom is -0.267 e. The van der Waals surface area contributed by atoms with Crippen molar-refractivity contribution in [1.82, 2.24) is 5.43 Å². The Bertz CT molecular complexity index is 861. The van der Waals surface area contributed by atoms with Gasteiger partial charge in [-0.05, 0) is 61.4 Å². The van der Waals surface area contributed by atoms with Gasteiger partial charge in [-0.3, -0.25) is 4.79 Å². The Morgan fingerprint density at radius 1 is 1.08 bits per heavy atom. The van der Waals surface area contributed by atoms with Gasteiger partial charge in [0.1, 0.15) is 0 Å². The Hall–Kier alpha value is -2.94. The maximum atomic E-state index is 12.4. The predicted molar refractivity (Wildman–Crippen MR) is 108 cm³/mol. The van der Waals surface area contributed by atoms with Gasteiger partial charge in [-0.2, -0.15) is 5.10 Å². The lowest BCUT2D eigenvalue weighted by Gasteiger charge is -2.22. The summed E-state index contributed by atoms with van der Waals surface area (Å²) >= 11 is 0. The van der Waals surface area contributed by atoms with Crippen LogP contribution >= 0.6 is 0 Å². The molecule has 132 valence electrons. The number of nitrogens with zero attached hydrogens (tertiary/aromatic N) is 1. The summed E-state index contributed by atoms with van der Waals surface area (Å²) < 4.78 is 0. The van der Waals surface area contributed by atoms with Crippen molar-refractivity contribution in [1.29, 1.82) is 0 Å². The van der Waals surface area contributed by atoms with E-state index in [9.17, 15) is 4.79 Å². The Kier molecular flexibility index (Phi) is 5.47. The molecule has 0 spiro atoms. The molecular weight excluding hydrogens is 320 g/mol. The average Bonchev–Trinajstić information content (AvgIpc) is 2.67. The molecular formula is C23H24N2O. The molecule has 0 aromatic heterocycles. The van der Waals surface area contributed by atoms with Crippen molar-refractivity contribution >= 4 is 11.6 Å². The number of carbonyl (C=O) groups excluding carboxylic acids is 1. The molecule has 0 heterocycles. The van der Waals surface area contributed by atoms with Crippen LogP contribution in [0, 0.1) is 5.92 Å². The number of hydrogen-bond donors (Lipinski definition) is 1. The molecule has 3 nitrogen and oxygen atoms in total. The van der Waals surface area contributed by atoms with Crippen LogP contribution in [0.5, 0.6) is 0 Å². The summed E-state index contributed by atoms with van der Waals surface area (Å²) in [6.07, 6.45) is 3.99. The second-order valence-electron chi connectivity index (χ2n) is 6.81. The van der Waals surface area contributed by atoms with Crippen molar-refractivity contribution in [3.63, 3.8) is 0 Å². The molecule has 0 radical (unpaired) electrons. The van der Waals surface area contributed by atoms with Crippen LogP contribution in [0.1, 0.15) is 37.0 Å². The minimum atomic E-state index is -0.192. The number of carbonyl (C=O) groups is 1. The molecule has 0 fully saturated rings. The van der Waals surface area contributed by atoms with Crippen molar-refractivity contribution in [3.05, 3.63) is 84.0 Å². The van der Waals surface area contributed by atoms with Gasteiger partial charge in [-0.25, -0.2) is 5.43 Å². The van der Waals surface area contributed by atoms with Crippen LogP contribution < -0.4 is 5.43 Å². The molecule has 1 N–H and O–H groups in total. The maximum Gasteiger partial charge on any atom is 0.271 e. The number of benzene rings is 2. The molecule has 26 heavy (non-hydrogen) atoms. The number of hydrogen-bond acceptors (Lipinski definition) is 2. The molecule has 0 bridgehead atoms. The third kappa shape index (κ3) is 4.17. The lowest BCUT2D eigenvalue weighted by atomic mass is 9.85. The largest absolute Gasteiger partial charge is 0.271 e. The molecule has 1 aliphatic carbocycles. The third-order valence-electron chi connectivity index (χ3n) is 4.85. The van der Waals surface area contributed by atoms with E-state index in [4.69, 9.17) is 0 Å². The van der Waals surface area contributed by atoms with Crippen molar-refractivity contribution in [3.8, 4) is 11.1 Å². The van der Waals surface area contributed by atoms with Gasteiger partial charge < -0.3 is 0 Å². The first-order valence-electron chi connectivity index (χ1n) is 8.89. The SMILES string of the molecule is C=C(C)[C@H]1CC=C(C)/C(=N/NC(=O)c2ccc(-c3ccccc3)cc2)C1. The van der Waals surface area contributed by atoms with E-state index in [1.54, 1.807) is 0 Å². The van der Waals surface area contributed by atoms with Crippen LogP contribution in [0.4, 0.5) is 0 Å². The van der Waals surface area contributed by atoms with E-state index in [0.717, 1.165) is 40.8 Å². The topological polar surface area (TPSA) is 41.5 Å². The smallest absolute Gasteiger partial charge is 0.267 e. The number of hydrazone groups is 1. The first-order valence-corrected chi connectivity index (χ1v) is 8.89. The van der Waals surface area contributed by atoms with Gasteiger partial charge in [0.2, 0.25) is 0 Å². The highest BCUT2D eigenvalue weighted by Crippen LogP contribution is 2.26. The van der Waals surface area contributed by atoms with Crippen molar-refractivity contribution < 1.29 is 4.79 Å². The van der Waals surface area contributed by atoms with E-state index in [2.05, 4.69) is 35.3 Å². The second kappa shape index (κ2) is 7.96. The standard InChI is InChI=1S/C23H24N2O/c1-16(2)21-10-9-17(3)22(15-21)24-25-23(26)20-13-11-19(12-14-20)18-7-5-4-6-8-18/h4-9,11-14,21H,1,10,15H2,2-3H3,(H,25,26)/b24-22+/t21-/m0/s1. The predicted octanol–water partition coefficient (Wildman–Crippen LogP) is 5.37. The fourth-order valence-electron chi connectivity index (χ4n) is 3.05. The summed E-state index contributed by atoms with van der Waals surface area (Å²) in [5.41, 5.74) is 8.73. The monoisotopic (exact) mass is 344 g/mol. The van der Waals surface area contributed by atoms with Crippen LogP contribution in [0.15, 0.2) is 83.5 Å². The highest BCUT2D eigenvalue weighted by molar-refractivity contribution is 6.02. The van der Waals surface area contributed by atoms with Gasteiger partial charge in [0, 0.05) is 5.56 Å². The summed E-state index contributed by atoms with van der Waals surface area (Å²) in [5.74, 6) is 0.210. The summed E-state index contributed by atoms with van der Waals surface area (Å²) in [7, 11) is 0. The first kappa shape index (κ1) is 17.9. The van der Waals surface area contributed by atoms with Crippen LogP contribution in [0.3, 0.4) is 0 Å². The fraction of sp³-hybridized carbons (Fsp3) is 0.217. The normalized spacial score (nSPS) is 18.3. The Labute approximate surface area is 155 Å². The molecule has 3 rings (SSSR count). The van der Waals surface area contributed by atoms with Crippen LogP contribution in [0.2, 0.25) is 0 Å². The van der Waals surface area contributed by atoms with Gasteiger partial charge in [0.25, 0.3) is 5.91 Å². The molecule has 2 aromatic carbocycles. The zero-order valence-corrected chi connectivity index (χ0v) is 15.3. The summed E-state index contributed by atoms with van der Waals surface area (Å²) in [5, 5.41) is 4.36. The lowest BCUT2D eigenvalue weighted by molar-refractivity contribution is 0.0954. The van der Waals surface area contributed by atoms with Gasteiger partial charge in [-0.15, -0.1) is 0 Å². The van der Waals surface area contributed by atoms with Crippen LogP contribution in [0.25, 0.3) is 11.1 Å². The number of nitrogens with one attached hydrogen (secondary N) is 1. The quantitative estimate of drug-likeness (QED) is 0.588. The van der Waals surface area contributed by atoms with Crippen LogP contribution in [-0.2, 0) is 0 Å². The number of amides is 1. The minimum absolute atomic E-state index is 0.192. The van der Waals surface area contributed by atoms with Crippen molar-refractivity contribution in [2.45, 2.75) is 26.7 Å². The van der Waals surface area contributed by atoms with Gasteiger partial charge >= 0.3 is 0 Å². The van der Waals surface area contributed by atoms with E-state index in [-0.39, 0.29) is 5.91 Å². The molecule has 1 aliphatic rings. The van der Waals surface area contributed by atoms with Crippen LogP contribution in [-0.4, -0.2) is 11.6 Å². The summed E-state index contributed by atoms with van der Waals surface area (Å²) in [6, 6.07) is 17.7. The van der Waals surface area contributed by atoms with E-state index < -0.39 is 0 Å². The second-order valence-corrected chi connectivity index (χ2v) is 6.81.